The Labute approximate surface area is 163 Å². The van der Waals surface area contributed by atoms with Crippen molar-refractivity contribution in [1.29, 1.82) is 0 Å². The van der Waals surface area contributed by atoms with E-state index >= 15 is 0 Å². The zero-order valence-electron chi connectivity index (χ0n) is 14.2. The van der Waals surface area contributed by atoms with Crippen LogP contribution in [0.3, 0.4) is 0 Å². The van der Waals surface area contributed by atoms with Crippen molar-refractivity contribution in [3.05, 3.63) is 65.7 Å². The van der Waals surface area contributed by atoms with Crippen LogP contribution in [0.15, 0.2) is 65.7 Å². The molecule has 9 N–H and O–H groups in total. The van der Waals surface area contributed by atoms with Crippen molar-refractivity contribution in [1.82, 2.24) is 29.9 Å². The van der Waals surface area contributed by atoms with Crippen molar-refractivity contribution < 1.29 is 0 Å². The Morgan fingerprint density at radius 2 is 1.52 bits per heavy atom. The van der Waals surface area contributed by atoms with Gasteiger partial charge < -0.3 is 22.9 Å². The van der Waals surface area contributed by atoms with Gasteiger partial charge >= 0.3 is 0 Å². The minimum atomic E-state index is 0.464. The Kier molecular flexibility index (Phi) is 7.14. The molecular formula is C16H19BrN10. The van der Waals surface area contributed by atoms with Crippen LogP contribution < -0.4 is 22.9 Å². The zero-order valence-corrected chi connectivity index (χ0v) is 15.8. The molecule has 4 aromatic rings. The van der Waals surface area contributed by atoms with Gasteiger partial charge in [0, 0.05) is 35.2 Å². The highest BCUT2D eigenvalue weighted by atomic mass is 79.9. The molecule has 11 heteroatoms. The lowest BCUT2D eigenvalue weighted by Crippen LogP contribution is -1.98. The number of nitrogens with one attached hydrogen (secondary N) is 1. The van der Waals surface area contributed by atoms with Crippen molar-refractivity contribution in [3.63, 3.8) is 0 Å². The fourth-order valence-corrected chi connectivity index (χ4v) is 2.10. The summed E-state index contributed by atoms with van der Waals surface area (Å²) in [5.74, 6) is 2.09. The largest absolute Gasteiger partial charge is 0.384 e. The number of aromatic amines is 1. The summed E-state index contributed by atoms with van der Waals surface area (Å²) < 4.78 is 2.61. The first-order valence-electron chi connectivity index (χ1n) is 7.59. The quantitative estimate of drug-likeness (QED) is 0.303. The summed E-state index contributed by atoms with van der Waals surface area (Å²) in [6.07, 6.45) is 6.65. The second-order valence-electron chi connectivity index (χ2n) is 5.03. The molecule has 4 aromatic heterocycles. The monoisotopic (exact) mass is 430 g/mol. The molecule has 0 unspecified atom stereocenters. The van der Waals surface area contributed by atoms with E-state index < -0.39 is 0 Å². The maximum absolute atomic E-state index is 5.52. The van der Waals surface area contributed by atoms with E-state index in [-0.39, 0.29) is 0 Å². The molecule has 0 radical (unpaired) electrons. The first-order chi connectivity index (χ1) is 12.9. The van der Waals surface area contributed by atoms with Gasteiger partial charge in [-0.3, -0.25) is 5.10 Å². The van der Waals surface area contributed by atoms with Crippen molar-refractivity contribution in [2.75, 3.05) is 22.9 Å². The van der Waals surface area contributed by atoms with Crippen LogP contribution in [0.4, 0.5) is 23.3 Å². The smallest absolute Gasteiger partial charge is 0.145 e. The maximum Gasteiger partial charge on any atom is 0.145 e. The van der Waals surface area contributed by atoms with Crippen LogP contribution in [0.2, 0.25) is 0 Å². The molecule has 0 spiro atoms. The lowest BCUT2D eigenvalue weighted by Gasteiger charge is -2.00. The van der Waals surface area contributed by atoms with Crippen LogP contribution in [-0.4, -0.2) is 29.9 Å². The second kappa shape index (κ2) is 9.77. The summed E-state index contributed by atoms with van der Waals surface area (Å²) in [5.41, 5.74) is 22.3. The van der Waals surface area contributed by atoms with Gasteiger partial charge in [-0.25, -0.2) is 14.6 Å². The molecule has 0 aliphatic rings. The SMILES string of the molecule is Nc1cc(-n2ccc(N)n2)ccn1.Nc1cc(Br)ccn1.Nc1ccn[nH]1. The van der Waals surface area contributed by atoms with E-state index in [1.54, 1.807) is 53.7 Å². The van der Waals surface area contributed by atoms with Crippen molar-refractivity contribution in [2.45, 2.75) is 0 Å². The zero-order chi connectivity index (χ0) is 19.6. The van der Waals surface area contributed by atoms with Crippen LogP contribution in [0, 0.1) is 0 Å². The molecular weight excluding hydrogens is 412 g/mol. The summed E-state index contributed by atoms with van der Waals surface area (Å²) >= 11 is 3.24. The first-order valence-corrected chi connectivity index (χ1v) is 8.38. The second-order valence-corrected chi connectivity index (χ2v) is 5.95. The molecule has 0 fully saturated rings. The molecule has 0 saturated carbocycles. The molecule has 10 nitrogen and oxygen atoms in total. The highest BCUT2D eigenvalue weighted by Crippen LogP contribution is 2.10. The van der Waals surface area contributed by atoms with Gasteiger partial charge in [-0.05, 0) is 24.3 Å². The molecule has 4 heterocycles. The third-order valence-electron chi connectivity index (χ3n) is 2.90. The van der Waals surface area contributed by atoms with E-state index in [4.69, 9.17) is 22.9 Å². The van der Waals surface area contributed by atoms with E-state index in [2.05, 4.69) is 41.2 Å². The van der Waals surface area contributed by atoms with Gasteiger partial charge in [0.15, 0.2) is 0 Å². The average molecular weight is 431 g/mol. The summed E-state index contributed by atoms with van der Waals surface area (Å²) in [6.45, 7) is 0. The highest BCUT2D eigenvalue weighted by Gasteiger charge is 1.98. The molecule has 0 bridgehead atoms. The van der Waals surface area contributed by atoms with Gasteiger partial charge in [0.05, 0.1) is 11.9 Å². The van der Waals surface area contributed by atoms with Crippen LogP contribution >= 0.6 is 15.9 Å². The highest BCUT2D eigenvalue weighted by molar-refractivity contribution is 9.10. The predicted molar refractivity (Wildman–Crippen MR) is 110 cm³/mol. The molecule has 0 atom stereocenters. The topological polar surface area (TPSA) is 176 Å². The lowest BCUT2D eigenvalue weighted by atomic mass is 10.4. The number of rotatable bonds is 1. The van der Waals surface area contributed by atoms with Gasteiger partial charge in [-0.2, -0.15) is 10.2 Å². The number of nitrogens with zero attached hydrogens (tertiary/aromatic N) is 5. The van der Waals surface area contributed by atoms with Crippen molar-refractivity contribution >= 4 is 39.2 Å². The molecule has 4 rings (SSSR count). The summed E-state index contributed by atoms with van der Waals surface area (Å²) in [7, 11) is 0. The summed E-state index contributed by atoms with van der Waals surface area (Å²) in [6, 6.07) is 10.5. The Balaban J connectivity index is 0.000000159. The number of anilines is 4. The summed E-state index contributed by atoms with van der Waals surface area (Å²) in [4.78, 5) is 7.67. The molecule has 0 aliphatic heterocycles. The normalized spacial score (nSPS) is 9.52. The Morgan fingerprint density at radius 3 is 1.93 bits per heavy atom. The Bertz CT molecular complexity index is 934. The minimum absolute atomic E-state index is 0.464. The van der Waals surface area contributed by atoms with Crippen LogP contribution in [0.1, 0.15) is 0 Å². The molecule has 27 heavy (non-hydrogen) atoms. The Morgan fingerprint density at radius 1 is 0.815 bits per heavy atom. The van der Waals surface area contributed by atoms with Crippen molar-refractivity contribution in [2.24, 2.45) is 0 Å². The van der Waals surface area contributed by atoms with E-state index in [9.17, 15) is 0 Å². The van der Waals surface area contributed by atoms with E-state index in [1.165, 1.54) is 0 Å². The number of nitrogens with two attached hydrogens (primary N) is 4. The van der Waals surface area contributed by atoms with Gasteiger partial charge in [0.25, 0.3) is 0 Å². The molecule has 0 aliphatic carbocycles. The number of hydrogen-bond donors (Lipinski definition) is 5. The molecule has 0 saturated heterocycles. The lowest BCUT2D eigenvalue weighted by molar-refractivity contribution is 0.884. The van der Waals surface area contributed by atoms with Crippen LogP contribution in [-0.2, 0) is 0 Å². The molecule has 0 amide bonds. The fraction of sp³-hybridized carbons (Fsp3) is 0. The molecule has 140 valence electrons. The van der Waals surface area contributed by atoms with Gasteiger partial charge in [-0.1, -0.05) is 15.9 Å². The third kappa shape index (κ3) is 7.04. The fourth-order valence-electron chi connectivity index (χ4n) is 1.75. The van der Waals surface area contributed by atoms with Crippen molar-refractivity contribution in [3.8, 4) is 5.69 Å². The third-order valence-corrected chi connectivity index (χ3v) is 3.40. The predicted octanol–water partition coefficient (Wildman–Crippen LogP) is 1.85. The van der Waals surface area contributed by atoms with Gasteiger partial charge in [-0.15, -0.1) is 0 Å². The number of nitrogen functional groups attached to an aromatic ring is 4. The first kappa shape index (κ1) is 19.7. The van der Waals surface area contributed by atoms with Crippen LogP contribution in [0.5, 0.6) is 0 Å². The summed E-state index contributed by atoms with van der Waals surface area (Å²) in [5, 5.41) is 10.1. The molecule has 0 aromatic carbocycles. The van der Waals surface area contributed by atoms with E-state index in [0.717, 1.165) is 10.2 Å². The minimum Gasteiger partial charge on any atom is -0.384 e. The Hall–Kier alpha value is -3.60. The number of hydrogen-bond acceptors (Lipinski definition) is 8. The average Bonchev–Trinajstić information content (AvgIpc) is 3.27. The number of halogens is 1. The maximum atomic E-state index is 5.52. The van der Waals surface area contributed by atoms with Gasteiger partial charge in [0.1, 0.15) is 23.3 Å². The number of pyridine rings is 2. The standard InChI is InChI=1S/C8H9N5.C5H5BrN2.C3H5N3/c9-7-2-4-13(12-7)6-1-3-11-8(10)5-6;6-4-1-2-8-5(7)3-4;4-3-1-2-5-6-3/h1-5H,(H2,9,12)(H2,10,11);1-3H,(H2,7,8);1-2H,(H3,4,5,6). The van der Waals surface area contributed by atoms with E-state index in [0.29, 0.717) is 23.3 Å². The van der Waals surface area contributed by atoms with Crippen LogP contribution in [0.25, 0.3) is 5.69 Å². The van der Waals surface area contributed by atoms with E-state index in [1.807, 2.05) is 12.1 Å². The number of aromatic nitrogens is 6. The van der Waals surface area contributed by atoms with Gasteiger partial charge in [0.2, 0.25) is 0 Å². The number of H-pyrrole nitrogens is 1.